The number of hydrogen-bond donors (Lipinski definition) is 3. The van der Waals surface area contributed by atoms with E-state index in [0.717, 1.165) is 36.6 Å². The Kier molecular flexibility index (Phi) is 5.32. The highest BCUT2D eigenvalue weighted by molar-refractivity contribution is 5.60. The third kappa shape index (κ3) is 3.93. The minimum Gasteiger partial charge on any atom is -0.396 e. The van der Waals surface area contributed by atoms with E-state index < -0.39 is 0 Å². The summed E-state index contributed by atoms with van der Waals surface area (Å²) < 4.78 is 0. The van der Waals surface area contributed by atoms with Crippen molar-refractivity contribution in [3.05, 3.63) is 36.4 Å². The van der Waals surface area contributed by atoms with Gasteiger partial charge in [-0.1, -0.05) is 30.3 Å². The third-order valence-corrected chi connectivity index (χ3v) is 2.91. The number of rotatable bonds is 7. The lowest BCUT2D eigenvalue weighted by Gasteiger charge is -2.09. The number of aliphatic hydroxyl groups excluding tert-OH is 1. The lowest BCUT2D eigenvalue weighted by Crippen LogP contribution is -2.06. The molecule has 0 saturated heterocycles. The summed E-state index contributed by atoms with van der Waals surface area (Å²) >= 11 is 0. The summed E-state index contributed by atoms with van der Waals surface area (Å²) in [6.07, 6.45) is 1.71. The molecule has 0 aliphatic heterocycles. The first-order valence-corrected chi connectivity index (χ1v) is 6.80. The van der Waals surface area contributed by atoms with Crippen LogP contribution in [0.3, 0.4) is 0 Å². The van der Waals surface area contributed by atoms with Gasteiger partial charge in [-0.15, -0.1) is 0 Å². The maximum absolute atomic E-state index is 8.78. The van der Waals surface area contributed by atoms with E-state index in [2.05, 4.69) is 20.6 Å². The van der Waals surface area contributed by atoms with Crippen LogP contribution in [0.4, 0.5) is 11.6 Å². The average molecular weight is 272 g/mol. The van der Waals surface area contributed by atoms with Gasteiger partial charge < -0.3 is 15.7 Å². The van der Waals surface area contributed by atoms with Crippen LogP contribution < -0.4 is 10.6 Å². The van der Waals surface area contributed by atoms with Crippen LogP contribution in [0.25, 0.3) is 11.4 Å². The average Bonchev–Trinajstić information content (AvgIpc) is 2.52. The van der Waals surface area contributed by atoms with Crippen LogP contribution in [-0.4, -0.2) is 35.3 Å². The van der Waals surface area contributed by atoms with Gasteiger partial charge in [0.15, 0.2) is 5.82 Å². The molecule has 0 saturated carbocycles. The monoisotopic (exact) mass is 272 g/mol. The van der Waals surface area contributed by atoms with Crippen LogP contribution in [0, 0.1) is 0 Å². The SMILES string of the molecule is CNc1cc(NCCCCO)nc(-c2ccccc2)n1. The third-order valence-electron chi connectivity index (χ3n) is 2.91. The molecule has 1 aromatic carbocycles. The van der Waals surface area contributed by atoms with Gasteiger partial charge in [0.25, 0.3) is 0 Å². The Balaban J connectivity index is 2.16. The molecule has 0 bridgehead atoms. The van der Waals surface area contributed by atoms with Gasteiger partial charge in [0.05, 0.1) is 0 Å². The molecule has 0 atom stereocenters. The number of aliphatic hydroxyl groups is 1. The summed E-state index contributed by atoms with van der Waals surface area (Å²) in [6, 6.07) is 11.8. The molecule has 0 unspecified atom stereocenters. The van der Waals surface area contributed by atoms with E-state index >= 15 is 0 Å². The van der Waals surface area contributed by atoms with Crippen molar-refractivity contribution in [3.63, 3.8) is 0 Å². The Bertz CT molecular complexity index is 531. The Hall–Kier alpha value is -2.14. The molecule has 5 nitrogen and oxygen atoms in total. The lowest BCUT2D eigenvalue weighted by atomic mass is 10.2. The van der Waals surface area contributed by atoms with Gasteiger partial charge in [-0.2, -0.15) is 0 Å². The molecule has 0 spiro atoms. The van der Waals surface area contributed by atoms with E-state index in [1.807, 2.05) is 43.4 Å². The number of nitrogens with zero attached hydrogens (tertiary/aromatic N) is 2. The number of nitrogens with one attached hydrogen (secondary N) is 2. The predicted octanol–water partition coefficient (Wildman–Crippen LogP) is 2.37. The second-order valence-electron chi connectivity index (χ2n) is 4.44. The number of unbranched alkanes of at least 4 members (excludes halogenated alkanes) is 1. The van der Waals surface area contributed by atoms with E-state index in [0.29, 0.717) is 5.82 Å². The Labute approximate surface area is 119 Å². The molecule has 2 aromatic rings. The van der Waals surface area contributed by atoms with Crippen LogP contribution in [0.15, 0.2) is 36.4 Å². The summed E-state index contributed by atoms with van der Waals surface area (Å²) in [5.41, 5.74) is 0.989. The smallest absolute Gasteiger partial charge is 0.163 e. The highest BCUT2D eigenvalue weighted by Gasteiger charge is 2.05. The van der Waals surface area contributed by atoms with Crippen molar-refractivity contribution in [2.24, 2.45) is 0 Å². The summed E-state index contributed by atoms with van der Waals surface area (Å²) in [4.78, 5) is 8.99. The lowest BCUT2D eigenvalue weighted by molar-refractivity contribution is 0.286. The molecular weight excluding hydrogens is 252 g/mol. The standard InChI is InChI=1S/C15H20N4O/c1-16-13-11-14(17-9-5-6-10-20)19-15(18-13)12-7-3-2-4-8-12/h2-4,7-8,11,20H,5-6,9-10H2,1H3,(H2,16,17,18,19). The van der Waals surface area contributed by atoms with Crippen molar-refractivity contribution in [1.82, 2.24) is 9.97 Å². The van der Waals surface area contributed by atoms with Crippen LogP contribution in [0.1, 0.15) is 12.8 Å². The van der Waals surface area contributed by atoms with Crippen molar-refractivity contribution >= 4 is 11.6 Å². The summed E-state index contributed by atoms with van der Waals surface area (Å²) in [5, 5.41) is 15.1. The summed E-state index contributed by atoms with van der Waals surface area (Å²) in [6.45, 7) is 1.01. The zero-order valence-corrected chi connectivity index (χ0v) is 11.6. The molecule has 106 valence electrons. The van der Waals surface area contributed by atoms with Crippen LogP contribution in [0.5, 0.6) is 0 Å². The normalized spacial score (nSPS) is 10.3. The second-order valence-corrected chi connectivity index (χ2v) is 4.44. The van der Waals surface area contributed by atoms with Crippen molar-refractivity contribution in [2.75, 3.05) is 30.8 Å². The Morgan fingerprint density at radius 3 is 2.50 bits per heavy atom. The first-order valence-electron chi connectivity index (χ1n) is 6.80. The van der Waals surface area contributed by atoms with E-state index in [9.17, 15) is 0 Å². The minimum atomic E-state index is 0.225. The van der Waals surface area contributed by atoms with E-state index in [4.69, 9.17) is 5.11 Å². The topological polar surface area (TPSA) is 70.1 Å². The first kappa shape index (κ1) is 14.3. The van der Waals surface area contributed by atoms with Gasteiger partial charge >= 0.3 is 0 Å². The maximum atomic E-state index is 8.78. The number of anilines is 2. The summed E-state index contributed by atoms with van der Waals surface area (Å²) in [5.74, 6) is 2.27. The molecule has 0 radical (unpaired) electrons. The van der Waals surface area contributed by atoms with Crippen molar-refractivity contribution in [3.8, 4) is 11.4 Å². The van der Waals surface area contributed by atoms with Gasteiger partial charge in [0.1, 0.15) is 11.6 Å². The summed E-state index contributed by atoms with van der Waals surface area (Å²) in [7, 11) is 1.84. The Morgan fingerprint density at radius 2 is 1.80 bits per heavy atom. The first-order chi connectivity index (χ1) is 9.83. The molecule has 1 aromatic heterocycles. The highest BCUT2D eigenvalue weighted by atomic mass is 16.2. The molecule has 0 amide bonds. The molecule has 5 heteroatoms. The van der Waals surface area contributed by atoms with Gasteiger partial charge in [-0.3, -0.25) is 0 Å². The fraction of sp³-hybridized carbons (Fsp3) is 0.333. The molecule has 2 rings (SSSR count). The maximum Gasteiger partial charge on any atom is 0.163 e. The van der Waals surface area contributed by atoms with Crippen molar-refractivity contribution in [1.29, 1.82) is 0 Å². The zero-order valence-electron chi connectivity index (χ0n) is 11.6. The number of hydrogen-bond acceptors (Lipinski definition) is 5. The Morgan fingerprint density at radius 1 is 1.05 bits per heavy atom. The quantitative estimate of drug-likeness (QED) is 0.675. The minimum absolute atomic E-state index is 0.225. The van der Waals surface area contributed by atoms with Gasteiger partial charge in [-0.05, 0) is 12.8 Å². The van der Waals surface area contributed by atoms with Crippen LogP contribution in [-0.2, 0) is 0 Å². The second kappa shape index (κ2) is 7.45. The molecule has 0 aliphatic rings. The molecule has 1 heterocycles. The van der Waals surface area contributed by atoms with E-state index in [1.54, 1.807) is 0 Å². The highest BCUT2D eigenvalue weighted by Crippen LogP contribution is 2.19. The van der Waals surface area contributed by atoms with E-state index in [-0.39, 0.29) is 6.61 Å². The number of aromatic nitrogens is 2. The number of benzene rings is 1. The van der Waals surface area contributed by atoms with Gasteiger partial charge in [-0.25, -0.2) is 9.97 Å². The van der Waals surface area contributed by atoms with Crippen molar-refractivity contribution < 1.29 is 5.11 Å². The molecule has 3 N–H and O–H groups in total. The van der Waals surface area contributed by atoms with E-state index in [1.165, 1.54) is 0 Å². The van der Waals surface area contributed by atoms with Gasteiger partial charge in [0, 0.05) is 31.8 Å². The fourth-order valence-corrected chi connectivity index (χ4v) is 1.84. The van der Waals surface area contributed by atoms with Crippen LogP contribution >= 0.6 is 0 Å². The molecule has 20 heavy (non-hydrogen) atoms. The van der Waals surface area contributed by atoms with Crippen LogP contribution in [0.2, 0.25) is 0 Å². The molecular formula is C15H20N4O. The van der Waals surface area contributed by atoms with Crippen molar-refractivity contribution in [2.45, 2.75) is 12.8 Å². The van der Waals surface area contributed by atoms with Gasteiger partial charge in [0.2, 0.25) is 0 Å². The zero-order chi connectivity index (χ0) is 14.2. The molecule has 0 aliphatic carbocycles. The largest absolute Gasteiger partial charge is 0.396 e. The molecule has 0 fully saturated rings. The predicted molar refractivity (Wildman–Crippen MR) is 81.8 cm³/mol. The fourth-order valence-electron chi connectivity index (χ4n) is 1.84.